The van der Waals surface area contributed by atoms with Crippen molar-refractivity contribution in [3.05, 3.63) is 65.2 Å². The van der Waals surface area contributed by atoms with E-state index in [4.69, 9.17) is 16.3 Å². The highest BCUT2D eigenvalue weighted by Crippen LogP contribution is 2.41. The molecule has 0 radical (unpaired) electrons. The first-order valence-electron chi connectivity index (χ1n) is 11.7. The van der Waals surface area contributed by atoms with Crippen LogP contribution in [0.15, 0.2) is 54.6 Å². The van der Waals surface area contributed by atoms with Gasteiger partial charge >= 0.3 is 5.97 Å². The third kappa shape index (κ3) is 4.14. The predicted molar refractivity (Wildman–Crippen MR) is 131 cm³/mol. The van der Waals surface area contributed by atoms with Gasteiger partial charge in [0.25, 0.3) is 0 Å². The molecule has 2 aliphatic heterocycles. The third-order valence-corrected chi connectivity index (χ3v) is 7.50. The Kier molecular flexibility index (Phi) is 5.97. The van der Waals surface area contributed by atoms with Crippen LogP contribution in [0.25, 0.3) is 0 Å². The lowest BCUT2D eigenvalue weighted by Gasteiger charge is -2.22. The predicted octanol–water partition coefficient (Wildman–Crippen LogP) is 4.31. The average Bonchev–Trinajstić information content (AvgIpc) is 3.34. The van der Waals surface area contributed by atoms with Crippen LogP contribution in [0, 0.1) is 30.6 Å². The van der Waals surface area contributed by atoms with Gasteiger partial charge in [-0.05, 0) is 49.1 Å². The number of rotatable bonds is 4. The van der Waals surface area contributed by atoms with Crippen LogP contribution in [0.3, 0.4) is 0 Å². The minimum atomic E-state index is -0.643. The zero-order chi connectivity index (χ0) is 24.9. The van der Waals surface area contributed by atoms with Crippen molar-refractivity contribution in [1.82, 2.24) is 0 Å². The van der Waals surface area contributed by atoms with Crippen molar-refractivity contribution in [3.8, 4) is 5.75 Å². The number of anilines is 2. The summed E-state index contributed by atoms with van der Waals surface area (Å²) in [6, 6.07) is 11.8. The molecule has 0 aromatic heterocycles. The van der Waals surface area contributed by atoms with Gasteiger partial charge in [0.05, 0.1) is 23.4 Å². The molecule has 35 heavy (non-hydrogen) atoms. The standard InChI is InChI=1S/C27H25ClN2O5/c1-15-9-10-18(13-22(15)28)29-14-17(11-23(29)31)27(34)35-20-7-4-6-19(12-20)30-25(32)21-8-3-5-16(2)24(21)26(30)33/h3-7,9-10,12-13,16-17,21,24H,8,11,14H2,1-2H3/t16-,17-,21-,24-/m1/s1. The van der Waals surface area contributed by atoms with Crippen LogP contribution in [-0.2, 0) is 19.2 Å². The molecule has 2 saturated heterocycles. The number of carbonyl (C=O) groups is 4. The Balaban J connectivity index is 1.30. The van der Waals surface area contributed by atoms with Gasteiger partial charge in [0.15, 0.2) is 0 Å². The van der Waals surface area contributed by atoms with Crippen molar-refractivity contribution in [1.29, 1.82) is 0 Å². The maximum atomic E-state index is 13.1. The molecule has 2 fully saturated rings. The average molecular weight is 493 g/mol. The molecule has 0 N–H and O–H groups in total. The summed E-state index contributed by atoms with van der Waals surface area (Å²) in [5.74, 6) is -2.34. The van der Waals surface area contributed by atoms with Crippen molar-refractivity contribution < 1.29 is 23.9 Å². The van der Waals surface area contributed by atoms with Gasteiger partial charge in [0.1, 0.15) is 5.75 Å². The summed E-state index contributed by atoms with van der Waals surface area (Å²) in [4.78, 5) is 54.3. The molecule has 0 saturated carbocycles. The number of esters is 1. The highest BCUT2D eigenvalue weighted by Gasteiger charge is 2.50. The summed E-state index contributed by atoms with van der Waals surface area (Å²) in [6.07, 6.45) is 4.50. The number of ether oxygens (including phenoxy) is 1. The summed E-state index contributed by atoms with van der Waals surface area (Å²) in [7, 11) is 0. The number of nitrogens with zero attached hydrogens (tertiary/aromatic N) is 2. The largest absolute Gasteiger partial charge is 0.426 e. The molecule has 2 aromatic carbocycles. The summed E-state index contributed by atoms with van der Waals surface area (Å²) in [5.41, 5.74) is 1.92. The summed E-state index contributed by atoms with van der Waals surface area (Å²) >= 11 is 6.20. The van der Waals surface area contributed by atoms with Gasteiger partial charge < -0.3 is 9.64 Å². The molecule has 2 heterocycles. The first-order valence-corrected chi connectivity index (χ1v) is 12.0. The second-order valence-electron chi connectivity index (χ2n) is 9.42. The molecule has 0 spiro atoms. The molecule has 5 rings (SSSR count). The highest BCUT2D eigenvalue weighted by atomic mass is 35.5. The van der Waals surface area contributed by atoms with Gasteiger partial charge in [-0.15, -0.1) is 0 Å². The minimum Gasteiger partial charge on any atom is -0.426 e. The van der Waals surface area contributed by atoms with Crippen molar-refractivity contribution in [3.63, 3.8) is 0 Å². The van der Waals surface area contributed by atoms with Crippen LogP contribution in [0.5, 0.6) is 5.75 Å². The Morgan fingerprint density at radius 1 is 1.06 bits per heavy atom. The number of hydrogen-bond acceptors (Lipinski definition) is 5. The number of allylic oxidation sites excluding steroid dienone is 2. The maximum absolute atomic E-state index is 13.1. The molecule has 1 aliphatic carbocycles. The summed E-state index contributed by atoms with van der Waals surface area (Å²) in [5, 5.41) is 0.550. The summed E-state index contributed by atoms with van der Waals surface area (Å²) in [6.45, 7) is 4.01. The molecule has 2 aromatic rings. The van der Waals surface area contributed by atoms with E-state index in [1.165, 1.54) is 15.9 Å². The van der Waals surface area contributed by atoms with E-state index >= 15 is 0 Å². The smallest absolute Gasteiger partial charge is 0.316 e. The highest BCUT2D eigenvalue weighted by molar-refractivity contribution is 6.31. The number of amides is 3. The first-order chi connectivity index (χ1) is 16.7. The van der Waals surface area contributed by atoms with Crippen LogP contribution < -0.4 is 14.5 Å². The Morgan fingerprint density at radius 2 is 1.86 bits per heavy atom. The lowest BCUT2D eigenvalue weighted by Crippen LogP contribution is -2.31. The number of carbonyl (C=O) groups excluding carboxylic acids is 4. The lowest BCUT2D eigenvalue weighted by molar-refractivity contribution is -0.139. The Bertz CT molecular complexity index is 1270. The van der Waals surface area contributed by atoms with Gasteiger partial charge in [-0.3, -0.25) is 19.2 Å². The van der Waals surface area contributed by atoms with E-state index in [9.17, 15) is 19.2 Å². The van der Waals surface area contributed by atoms with Crippen LogP contribution in [0.4, 0.5) is 11.4 Å². The van der Waals surface area contributed by atoms with Gasteiger partial charge in [-0.1, -0.05) is 42.8 Å². The minimum absolute atomic E-state index is 0.0116. The maximum Gasteiger partial charge on any atom is 0.316 e. The van der Waals surface area contributed by atoms with E-state index in [-0.39, 0.29) is 54.2 Å². The zero-order valence-corrected chi connectivity index (χ0v) is 20.2. The zero-order valence-electron chi connectivity index (χ0n) is 19.4. The van der Waals surface area contributed by atoms with Crippen LogP contribution in [-0.4, -0.2) is 30.2 Å². The van der Waals surface area contributed by atoms with E-state index in [0.29, 0.717) is 22.8 Å². The molecule has 3 amide bonds. The van der Waals surface area contributed by atoms with Gasteiger partial charge in [0.2, 0.25) is 17.7 Å². The van der Waals surface area contributed by atoms with E-state index in [1.807, 2.05) is 32.1 Å². The molecular formula is C27H25ClN2O5. The molecule has 180 valence electrons. The van der Waals surface area contributed by atoms with Crippen molar-refractivity contribution >= 4 is 46.7 Å². The van der Waals surface area contributed by atoms with Crippen molar-refractivity contribution in [2.75, 3.05) is 16.3 Å². The number of halogens is 1. The fourth-order valence-electron chi connectivity index (χ4n) is 5.15. The van der Waals surface area contributed by atoms with Gasteiger partial charge in [-0.25, -0.2) is 4.90 Å². The Hall–Kier alpha value is -3.45. The molecule has 3 aliphatic rings. The topological polar surface area (TPSA) is 84.0 Å². The van der Waals surface area contributed by atoms with Gasteiger partial charge in [0, 0.05) is 29.7 Å². The molecule has 7 nitrogen and oxygen atoms in total. The number of aryl methyl sites for hydroxylation is 1. The third-order valence-electron chi connectivity index (χ3n) is 7.09. The Morgan fingerprint density at radius 3 is 2.60 bits per heavy atom. The van der Waals surface area contributed by atoms with Crippen LogP contribution >= 0.6 is 11.6 Å². The van der Waals surface area contributed by atoms with E-state index in [2.05, 4.69) is 0 Å². The molecule has 0 bridgehead atoms. The normalized spacial score (nSPS) is 25.9. The fraction of sp³-hybridized carbons (Fsp3) is 0.333. The van der Waals surface area contributed by atoms with Crippen molar-refractivity contribution in [2.45, 2.75) is 26.7 Å². The van der Waals surface area contributed by atoms with Crippen LogP contribution in [0.2, 0.25) is 5.02 Å². The summed E-state index contributed by atoms with van der Waals surface area (Å²) < 4.78 is 5.58. The number of fused-ring (bicyclic) bond motifs is 1. The number of hydrogen-bond donors (Lipinski definition) is 0. The SMILES string of the molecule is Cc1ccc(N2C[C@H](C(=O)Oc3cccc(N4C(=O)[C@@H]5[C@H](C)C=CC[C@H]5C4=O)c3)CC2=O)cc1Cl. The molecule has 8 heteroatoms. The first kappa shape index (κ1) is 23.3. The molecular weight excluding hydrogens is 468 g/mol. The number of imide groups is 1. The molecule has 0 unspecified atom stereocenters. The Labute approximate surface area is 208 Å². The number of benzene rings is 2. The molecule has 4 atom stereocenters. The second kappa shape index (κ2) is 8.96. The van der Waals surface area contributed by atoms with Crippen LogP contribution in [0.1, 0.15) is 25.3 Å². The van der Waals surface area contributed by atoms with E-state index in [1.54, 1.807) is 30.3 Å². The fourth-order valence-corrected chi connectivity index (χ4v) is 5.33. The van der Waals surface area contributed by atoms with E-state index in [0.717, 1.165) is 5.56 Å². The lowest BCUT2D eigenvalue weighted by atomic mass is 9.78. The second-order valence-corrected chi connectivity index (χ2v) is 9.83. The van der Waals surface area contributed by atoms with Crippen molar-refractivity contribution in [2.24, 2.45) is 23.7 Å². The monoisotopic (exact) mass is 492 g/mol. The quantitative estimate of drug-likeness (QED) is 0.275. The van der Waals surface area contributed by atoms with E-state index < -0.39 is 11.9 Å². The van der Waals surface area contributed by atoms with Gasteiger partial charge in [-0.2, -0.15) is 0 Å².